The van der Waals surface area contributed by atoms with E-state index in [1.165, 1.54) is 16.9 Å². The quantitative estimate of drug-likeness (QED) is 0.877. The smallest absolute Gasteiger partial charge is 0.243 e. The molecule has 1 aromatic carbocycles. The molecule has 90 valence electrons. The van der Waals surface area contributed by atoms with Crippen LogP contribution < -0.4 is 11.1 Å². The summed E-state index contributed by atoms with van der Waals surface area (Å²) in [7, 11) is 0. The van der Waals surface area contributed by atoms with E-state index < -0.39 is 6.04 Å². The summed E-state index contributed by atoms with van der Waals surface area (Å²) in [4.78, 5) is 16.0. The molecule has 0 radical (unpaired) electrons. The number of aryl methyl sites for hydroxylation is 1. The third-order valence-corrected chi connectivity index (χ3v) is 3.48. The Balaban J connectivity index is 2.22. The van der Waals surface area contributed by atoms with Crippen LogP contribution in [0.25, 0.3) is 10.2 Å². The van der Waals surface area contributed by atoms with Gasteiger partial charge in [0.2, 0.25) is 5.91 Å². The van der Waals surface area contributed by atoms with Gasteiger partial charge in [-0.1, -0.05) is 24.3 Å². The van der Waals surface area contributed by atoms with Crippen molar-refractivity contribution in [1.82, 2.24) is 4.98 Å². The minimum atomic E-state index is -0.469. The van der Waals surface area contributed by atoms with Crippen molar-refractivity contribution in [2.75, 3.05) is 5.32 Å². The normalized spacial score (nSPS) is 12.6. The summed E-state index contributed by atoms with van der Waals surface area (Å²) < 4.78 is 1.07. The molecule has 3 N–H and O–H groups in total. The second-order valence-corrected chi connectivity index (χ2v) is 5.02. The zero-order valence-corrected chi connectivity index (χ0v) is 10.7. The number of thiazole rings is 1. The molecule has 1 heterocycles. The minimum absolute atomic E-state index is 0.178. The van der Waals surface area contributed by atoms with Gasteiger partial charge in [0.25, 0.3) is 0 Å². The molecule has 2 aromatic rings. The zero-order chi connectivity index (χ0) is 12.4. The van der Waals surface area contributed by atoms with E-state index in [4.69, 9.17) is 5.73 Å². The summed E-state index contributed by atoms with van der Waals surface area (Å²) in [6, 6.07) is 5.55. The third-order valence-electron chi connectivity index (χ3n) is 2.55. The number of carbonyl (C=O) groups excluding carboxylic acids is 1. The molecule has 1 amide bonds. The van der Waals surface area contributed by atoms with E-state index in [1.54, 1.807) is 0 Å². The number of fused-ring (bicyclic) bond motifs is 1. The fourth-order valence-corrected chi connectivity index (χ4v) is 2.44. The Morgan fingerprint density at radius 2 is 2.35 bits per heavy atom. The van der Waals surface area contributed by atoms with E-state index >= 15 is 0 Å². The SMILES string of the molecule is CC[C@@H](N)C(=O)Nc1nc2ccc(C)cc2s1. The predicted octanol–water partition coefficient (Wildman–Crippen LogP) is 2.28. The molecular weight excluding hydrogens is 234 g/mol. The molecule has 0 bridgehead atoms. The number of hydrogen-bond donors (Lipinski definition) is 2. The van der Waals surface area contributed by atoms with Gasteiger partial charge in [-0.25, -0.2) is 4.98 Å². The number of nitrogens with two attached hydrogens (primary N) is 1. The van der Waals surface area contributed by atoms with Crippen LogP contribution in [0.5, 0.6) is 0 Å². The molecule has 1 atom stereocenters. The number of anilines is 1. The third kappa shape index (κ3) is 2.62. The van der Waals surface area contributed by atoms with Gasteiger partial charge in [-0.05, 0) is 31.0 Å². The molecule has 0 fully saturated rings. The van der Waals surface area contributed by atoms with Crippen molar-refractivity contribution in [1.29, 1.82) is 0 Å². The Morgan fingerprint density at radius 3 is 3.06 bits per heavy atom. The van der Waals surface area contributed by atoms with Crippen molar-refractivity contribution in [3.05, 3.63) is 23.8 Å². The number of benzene rings is 1. The van der Waals surface area contributed by atoms with Gasteiger partial charge in [0, 0.05) is 0 Å². The molecule has 4 nitrogen and oxygen atoms in total. The molecular formula is C12H15N3OS. The van der Waals surface area contributed by atoms with E-state index in [0.29, 0.717) is 11.6 Å². The highest BCUT2D eigenvalue weighted by Gasteiger charge is 2.13. The molecule has 0 saturated heterocycles. The number of nitrogens with one attached hydrogen (secondary N) is 1. The van der Waals surface area contributed by atoms with E-state index in [-0.39, 0.29) is 5.91 Å². The average Bonchev–Trinajstić information content (AvgIpc) is 2.69. The van der Waals surface area contributed by atoms with Gasteiger partial charge in [-0.2, -0.15) is 0 Å². The highest BCUT2D eigenvalue weighted by Crippen LogP contribution is 2.26. The first kappa shape index (κ1) is 12.0. The molecule has 5 heteroatoms. The fourth-order valence-electron chi connectivity index (χ4n) is 1.47. The first-order valence-electron chi connectivity index (χ1n) is 5.53. The molecule has 0 aliphatic rings. The van der Waals surface area contributed by atoms with E-state index in [1.807, 2.05) is 26.0 Å². The summed E-state index contributed by atoms with van der Waals surface area (Å²) in [6.07, 6.45) is 0.621. The number of amides is 1. The number of aromatic nitrogens is 1. The number of nitrogens with zero attached hydrogens (tertiary/aromatic N) is 1. The largest absolute Gasteiger partial charge is 0.320 e. The van der Waals surface area contributed by atoms with Crippen molar-refractivity contribution in [3.63, 3.8) is 0 Å². The van der Waals surface area contributed by atoms with Crippen molar-refractivity contribution < 1.29 is 4.79 Å². The molecule has 1 aromatic heterocycles. The maximum absolute atomic E-state index is 11.6. The van der Waals surface area contributed by atoms with Crippen LogP contribution in [-0.2, 0) is 4.79 Å². The van der Waals surface area contributed by atoms with Crippen LogP contribution in [0.1, 0.15) is 18.9 Å². The lowest BCUT2D eigenvalue weighted by Gasteiger charge is -2.06. The van der Waals surface area contributed by atoms with Crippen LogP contribution in [0.2, 0.25) is 0 Å². The van der Waals surface area contributed by atoms with Crippen molar-refractivity contribution >= 4 is 32.6 Å². The molecule has 2 rings (SSSR count). The van der Waals surface area contributed by atoms with E-state index in [0.717, 1.165) is 10.2 Å². The van der Waals surface area contributed by atoms with Crippen LogP contribution in [0.4, 0.5) is 5.13 Å². The first-order valence-corrected chi connectivity index (χ1v) is 6.35. The maximum atomic E-state index is 11.6. The summed E-state index contributed by atoms with van der Waals surface area (Å²) in [5.41, 5.74) is 7.74. The summed E-state index contributed by atoms with van der Waals surface area (Å²) >= 11 is 1.47. The van der Waals surface area contributed by atoms with Crippen LogP contribution in [0.15, 0.2) is 18.2 Å². The van der Waals surface area contributed by atoms with Crippen molar-refractivity contribution in [2.24, 2.45) is 5.73 Å². The number of carbonyl (C=O) groups is 1. The van der Waals surface area contributed by atoms with Gasteiger partial charge in [-0.15, -0.1) is 0 Å². The Hall–Kier alpha value is -1.46. The predicted molar refractivity (Wildman–Crippen MR) is 71.3 cm³/mol. The lowest BCUT2D eigenvalue weighted by Crippen LogP contribution is -2.34. The summed E-state index contributed by atoms with van der Waals surface area (Å²) in [5, 5.41) is 3.36. The second kappa shape index (κ2) is 4.81. The van der Waals surface area contributed by atoms with E-state index in [9.17, 15) is 4.79 Å². The van der Waals surface area contributed by atoms with Gasteiger partial charge in [0.05, 0.1) is 16.3 Å². The Morgan fingerprint density at radius 1 is 1.59 bits per heavy atom. The first-order chi connectivity index (χ1) is 8.10. The minimum Gasteiger partial charge on any atom is -0.320 e. The highest BCUT2D eigenvalue weighted by atomic mass is 32.1. The highest BCUT2D eigenvalue weighted by molar-refractivity contribution is 7.22. The van der Waals surface area contributed by atoms with Crippen LogP contribution in [-0.4, -0.2) is 16.9 Å². The number of hydrogen-bond acceptors (Lipinski definition) is 4. The molecule has 17 heavy (non-hydrogen) atoms. The lowest BCUT2D eigenvalue weighted by atomic mass is 10.2. The summed E-state index contributed by atoms with van der Waals surface area (Å²) in [6.45, 7) is 3.91. The molecule has 0 unspecified atom stereocenters. The van der Waals surface area contributed by atoms with Gasteiger partial charge in [0.15, 0.2) is 5.13 Å². The molecule has 0 spiro atoms. The standard InChI is InChI=1S/C12H15N3OS/c1-3-8(13)11(16)15-12-14-9-5-4-7(2)6-10(9)17-12/h4-6,8H,3,13H2,1-2H3,(H,14,15,16)/t8-/m1/s1. The van der Waals surface area contributed by atoms with Gasteiger partial charge in [-0.3, -0.25) is 4.79 Å². The van der Waals surface area contributed by atoms with Crippen LogP contribution in [0.3, 0.4) is 0 Å². The molecule has 0 aliphatic carbocycles. The maximum Gasteiger partial charge on any atom is 0.243 e. The Labute approximate surface area is 104 Å². The Kier molecular flexibility index (Phi) is 3.40. The van der Waals surface area contributed by atoms with Crippen molar-refractivity contribution in [3.8, 4) is 0 Å². The van der Waals surface area contributed by atoms with Gasteiger partial charge < -0.3 is 11.1 Å². The molecule has 0 saturated carbocycles. The van der Waals surface area contributed by atoms with Gasteiger partial charge in [0.1, 0.15) is 0 Å². The topological polar surface area (TPSA) is 68.0 Å². The monoisotopic (exact) mass is 249 g/mol. The Bertz CT molecular complexity index is 550. The second-order valence-electron chi connectivity index (χ2n) is 3.99. The number of rotatable bonds is 3. The van der Waals surface area contributed by atoms with Crippen molar-refractivity contribution in [2.45, 2.75) is 26.3 Å². The zero-order valence-electron chi connectivity index (χ0n) is 9.86. The van der Waals surface area contributed by atoms with Crippen LogP contribution in [0, 0.1) is 6.92 Å². The fraction of sp³-hybridized carbons (Fsp3) is 0.333. The lowest BCUT2D eigenvalue weighted by molar-refractivity contribution is -0.117. The molecule has 0 aliphatic heterocycles. The van der Waals surface area contributed by atoms with E-state index in [2.05, 4.69) is 16.4 Å². The van der Waals surface area contributed by atoms with Gasteiger partial charge >= 0.3 is 0 Å². The summed E-state index contributed by atoms with van der Waals surface area (Å²) in [5.74, 6) is -0.178. The average molecular weight is 249 g/mol. The van der Waals surface area contributed by atoms with Crippen LogP contribution >= 0.6 is 11.3 Å².